The molecule has 0 aliphatic carbocycles. The molecule has 0 amide bonds. The monoisotopic (exact) mass is 456 g/mol. The van der Waals surface area contributed by atoms with Gasteiger partial charge in [-0.2, -0.15) is 11.8 Å². The molecule has 22 heavy (non-hydrogen) atoms. The fourth-order valence-corrected chi connectivity index (χ4v) is 4.37. The minimum atomic E-state index is -0.591. The van der Waals surface area contributed by atoms with Crippen molar-refractivity contribution in [3.05, 3.63) is 15.6 Å². The molecule has 1 saturated heterocycles. The first kappa shape index (κ1) is 20.0. The summed E-state index contributed by atoms with van der Waals surface area (Å²) in [6.07, 6.45) is 1.74. The molecule has 2 rings (SSSR count). The van der Waals surface area contributed by atoms with Crippen molar-refractivity contribution in [2.45, 2.75) is 32.3 Å². The van der Waals surface area contributed by atoms with Gasteiger partial charge in [0, 0.05) is 37.2 Å². The van der Waals surface area contributed by atoms with Gasteiger partial charge in [-0.1, -0.05) is 0 Å². The van der Waals surface area contributed by atoms with Crippen LogP contribution in [0.4, 0.5) is 0 Å². The number of hydrogen-bond acceptors (Lipinski definition) is 5. The molecular formula is C14H25IN4OS2. The predicted octanol–water partition coefficient (Wildman–Crippen LogP) is 1.95. The lowest BCUT2D eigenvalue weighted by atomic mass is 10.0. The highest BCUT2D eigenvalue weighted by molar-refractivity contribution is 14.0. The predicted molar refractivity (Wildman–Crippen MR) is 107 cm³/mol. The lowest BCUT2D eigenvalue weighted by molar-refractivity contribution is 0.0724. The maximum Gasteiger partial charge on any atom is 0.191 e. The molecule has 1 aromatic heterocycles. The normalized spacial score (nSPS) is 21.5. The quantitative estimate of drug-likeness (QED) is 0.359. The highest BCUT2D eigenvalue weighted by atomic mass is 127. The summed E-state index contributed by atoms with van der Waals surface area (Å²) in [7, 11) is 1.75. The molecule has 1 aromatic rings. The van der Waals surface area contributed by atoms with Gasteiger partial charge in [0.05, 0.1) is 16.3 Å². The van der Waals surface area contributed by atoms with Gasteiger partial charge in [-0.3, -0.25) is 4.99 Å². The fraction of sp³-hybridized carbons (Fsp3) is 0.714. The molecule has 0 radical (unpaired) electrons. The smallest absolute Gasteiger partial charge is 0.191 e. The van der Waals surface area contributed by atoms with E-state index in [-0.39, 0.29) is 24.0 Å². The summed E-state index contributed by atoms with van der Waals surface area (Å²) in [4.78, 5) is 10.0. The van der Waals surface area contributed by atoms with Crippen molar-refractivity contribution >= 4 is 53.0 Å². The average Bonchev–Trinajstić information content (AvgIpc) is 3.01. The summed E-state index contributed by atoms with van der Waals surface area (Å²) < 4.78 is 0. The number of aromatic nitrogens is 1. The molecule has 0 saturated carbocycles. The third-order valence-corrected chi connectivity index (χ3v) is 5.96. The minimum absolute atomic E-state index is 0. The van der Waals surface area contributed by atoms with E-state index in [1.165, 1.54) is 4.88 Å². The Morgan fingerprint density at radius 2 is 2.18 bits per heavy atom. The number of thiazole rings is 1. The van der Waals surface area contributed by atoms with Crippen LogP contribution in [0.5, 0.6) is 0 Å². The Morgan fingerprint density at radius 3 is 2.73 bits per heavy atom. The third-order valence-electron chi connectivity index (χ3n) is 3.60. The lowest BCUT2D eigenvalue weighted by Crippen LogP contribution is -2.47. The Labute approximate surface area is 157 Å². The van der Waals surface area contributed by atoms with E-state index in [2.05, 4.69) is 27.5 Å². The molecule has 3 N–H and O–H groups in total. The number of aryl methyl sites for hydroxylation is 2. The van der Waals surface area contributed by atoms with E-state index in [9.17, 15) is 5.11 Å². The fourth-order valence-electron chi connectivity index (χ4n) is 2.14. The summed E-state index contributed by atoms with van der Waals surface area (Å²) in [6, 6.07) is 0. The summed E-state index contributed by atoms with van der Waals surface area (Å²) in [5, 5.41) is 17.9. The van der Waals surface area contributed by atoms with E-state index >= 15 is 0 Å². The Kier molecular flexibility index (Phi) is 8.44. The van der Waals surface area contributed by atoms with Crippen molar-refractivity contribution < 1.29 is 5.11 Å². The number of thioether (sulfide) groups is 1. The van der Waals surface area contributed by atoms with Gasteiger partial charge in [0.2, 0.25) is 0 Å². The molecule has 1 atom stereocenters. The Balaban J connectivity index is 0.00000242. The molecule has 1 unspecified atom stereocenters. The molecule has 1 aliphatic heterocycles. The molecule has 8 heteroatoms. The van der Waals surface area contributed by atoms with Crippen LogP contribution in [0.3, 0.4) is 0 Å². The van der Waals surface area contributed by atoms with Crippen LogP contribution < -0.4 is 10.6 Å². The van der Waals surface area contributed by atoms with Crippen molar-refractivity contribution in [1.82, 2.24) is 15.6 Å². The van der Waals surface area contributed by atoms with Gasteiger partial charge in [-0.15, -0.1) is 35.3 Å². The van der Waals surface area contributed by atoms with E-state index in [0.717, 1.165) is 47.6 Å². The van der Waals surface area contributed by atoms with E-state index in [1.807, 2.05) is 6.92 Å². The van der Waals surface area contributed by atoms with E-state index in [4.69, 9.17) is 0 Å². The second-order valence-electron chi connectivity index (χ2n) is 5.38. The molecule has 0 bridgehead atoms. The second-order valence-corrected chi connectivity index (χ2v) is 7.77. The van der Waals surface area contributed by atoms with E-state index in [1.54, 1.807) is 30.1 Å². The number of hydrogen-bond donors (Lipinski definition) is 3. The lowest BCUT2D eigenvalue weighted by Gasteiger charge is -2.23. The zero-order chi connectivity index (χ0) is 15.3. The number of nitrogens with zero attached hydrogens (tertiary/aromatic N) is 2. The topological polar surface area (TPSA) is 69.5 Å². The van der Waals surface area contributed by atoms with Gasteiger partial charge in [-0.25, -0.2) is 4.98 Å². The van der Waals surface area contributed by atoms with Crippen molar-refractivity contribution in [3.8, 4) is 0 Å². The Bertz CT molecular complexity index is 482. The first-order valence-electron chi connectivity index (χ1n) is 7.20. The molecule has 5 nitrogen and oxygen atoms in total. The van der Waals surface area contributed by atoms with Gasteiger partial charge in [0.15, 0.2) is 5.96 Å². The summed E-state index contributed by atoms with van der Waals surface area (Å²) in [5.41, 5.74) is 0.532. The van der Waals surface area contributed by atoms with Crippen LogP contribution in [-0.2, 0) is 6.42 Å². The molecule has 1 aliphatic rings. The second kappa shape index (κ2) is 9.29. The van der Waals surface area contributed by atoms with Gasteiger partial charge in [0.25, 0.3) is 0 Å². The van der Waals surface area contributed by atoms with Crippen LogP contribution >= 0.6 is 47.1 Å². The first-order chi connectivity index (χ1) is 10.0. The zero-order valence-corrected chi connectivity index (χ0v) is 17.3. The molecule has 2 heterocycles. The van der Waals surface area contributed by atoms with Crippen LogP contribution in [0, 0.1) is 13.8 Å². The van der Waals surface area contributed by atoms with Crippen LogP contribution in [0.15, 0.2) is 4.99 Å². The van der Waals surface area contributed by atoms with Gasteiger partial charge in [0.1, 0.15) is 0 Å². The van der Waals surface area contributed by atoms with Crippen molar-refractivity contribution in [3.63, 3.8) is 0 Å². The van der Waals surface area contributed by atoms with Crippen LogP contribution in [0.2, 0.25) is 0 Å². The summed E-state index contributed by atoms with van der Waals surface area (Å²) in [5.74, 6) is 2.58. The van der Waals surface area contributed by atoms with Crippen LogP contribution in [0.25, 0.3) is 0 Å². The van der Waals surface area contributed by atoms with Gasteiger partial charge >= 0.3 is 0 Å². The van der Waals surface area contributed by atoms with Gasteiger partial charge < -0.3 is 15.7 Å². The number of guanidine groups is 1. The van der Waals surface area contributed by atoms with E-state index < -0.39 is 5.60 Å². The zero-order valence-electron chi connectivity index (χ0n) is 13.3. The van der Waals surface area contributed by atoms with Crippen molar-refractivity contribution in [2.75, 3.05) is 31.6 Å². The molecule has 0 aromatic carbocycles. The molecule has 0 spiro atoms. The first-order valence-corrected chi connectivity index (χ1v) is 9.17. The van der Waals surface area contributed by atoms with Crippen molar-refractivity contribution in [2.24, 2.45) is 4.99 Å². The maximum absolute atomic E-state index is 10.3. The highest BCUT2D eigenvalue weighted by Crippen LogP contribution is 2.26. The standard InChI is InChI=1S/C14H24N4OS2.HI/c1-10-11(2)21-12(18-10)4-6-16-13(15-3)17-8-14(19)5-7-20-9-14;/h19H,4-9H2,1-3H3,(H2,15,16,17);1H. The third kappa shape index (κ3) is 5.86. The number of nitrogens with one attached hydrogen (secondary N) is 2. The SMILES string of the molecule is CN=C(NCCc1nc(C)c(C)s1)NCC1(O)CCSC1.I. The number of rotatable bonds is 5. The minimum Gasteiger partial charge on any atom is -0.387 e. The largest absolute Gasteiger partial charge is 0.387 e. The van der Waals surface area contributed by atoms with Gasteiger partial charge in [-0.05, 0) is 26.0 Å². The Morgan fingerprint density at radius 1 is 1.41 bits per heavy atom. The van der Waals surface area contributed by atoms with Crippen LogP contribution in [-0.4, -0.2) is 53.3 Å². The van der Waals surface area contributed by atoms with Crippen molar-refractivity contribution in [1.29, 1.82) is 0 Å². The molecule has 126 valence electrons. The number of aliphatic imine (C=N–C) groups is 1. The van der Waals surface area contributed by atoms with Crippen LogP contribution in [0.1, 0.15) is 22.0 Å². The number of halogens is 1. The number of aliphatic hydroxyl groups is 1. The highest BCUT2D eigenvalue weighted by Gasteiger charge is 2.31. The Hall–Kier alpha value is -0.0600. The molecular weight excluding hydrogens is 431 g/mol. The average molecular weight is 456 g/mol. The summed E-state index contributed by atoms with van der Waals surface area (Å²) >= 11 is 3.55. The maximum atomic E-state index is 10.3. The molecule has 1 fully saturated rings. The summed E-state index contributed by atoms with van der Waals surface area (Å²) in [6.45, 7) is 5.49. The van der Waals surface area contributed by atoms with E-state index in [0.29, 0.717) is 6.54 Å².